The topological polar surface area (TPSA) is 41.6 Å². The van der Waals surface area contributed by atoms with Gasteiger partial charge in [-0.3, -0.25) is 9.69 Å². The number of hydrogen-bond donors (Lipinski definition) is 1. The molecule has 0 bridgehead atoms. The summed E-state index contributed by atoms with van der Waals surface area (Å²) in [4.78, 5) is 15.1. The lowest BCUT2D eigenvalue weighted by Crippen LogP contribution is -2.37. The average molecular weight is 381 g/mol. The van der Waals surface area contributed by atoms with E-state index in [1.165, 1.54) is 24.0 Å². The lowest BCUT2D eigenvalue weighted by Gasteiger charge is -2.27. The molecule has 1 atom stereocenters. The van der Waals surface area contributed by atoms with E-state index < -0.39 is 0 Å². The number of hydrogen-bond acceptors (Lipinski definition) is 3. The van der Waals surface area contributed by atoms with Crippen molar-refractivity contribution >= 4 is 5.91 Å². The summed E-state index contributed by atoms with van der Waals surface area (Å²) in [6.45, 7) is 7.21. The van der Waals surface area contributed by atoms with Crippen LogP contribution in [0.2, 0.25) is 0 Å². The van der Waals surface area contributed by atoms with E-state index in [4.69, 9.17) is 4.74 Å². The van der Waals surface area contributed by atoms with E-state index >= 15 is 0 Å². The fourth-order valence-electron chi connectivity index (χ4n) is 4.10. The van der Waals surface area contributed by atoms with Crippen LogP contribution in [0.1, 0.15) is 53.7 Å². The first kappa shape index (κ1) is 20.4. The summed E-state index contributed by atoms with van der Waals surface area (Å²) in [6, 6.07) is 14.7. The highest BCUT2D eigenvalue weighted by atomic mass is 16.5. The monoisotopic (exact) mass is 380 g/mol. The van der Waals surface area contributed by atoms with Crippen molar-refractivity contribution in [1.82, 2.24) is 10.2 Å². The van der Waals surface area contributed by atoms with Crippen LogP contribution in [0, 0.1) is 0 Å². The van der Waals surface area contributed by atoms with Crippen molar-refractivity contribution in [2.24, 2.45) is 0 Å². The average Bonchev–Trinajstić information content (AvgIpc) is 3.14. The normalized spacial score (nSPS) is 15.5. The summed E-state index contributed by atoms with van der Waals surface area (Å²) in [5.74, 6) is 0.591. The molecule has 1 aliphatic carbocycles. The zero-order chi connectivity index (χ0) is 19.9. The van der Waals surface area contributed by atoms with Gasteiger partial charge in [-0.15, -0.1) is 0 Å². The molecule has 1 amide bonds. The summed E-state index contributed by atoms with van der Waals surface area (Å²) in [5.41, 5.74) is 4.34. The predicted molar refractivity (Wildman–Crippen MR) is 114 cm³/mol. The van der Waals surface area contributed by atoms with Crippen LogP contribution in [0.3, 0.4) is 0 Å². The van der Waals surface area contributed by atoms with Crippen LogP contribution in [0.15, 0.2) is 42.5 Å². The molecule has 1 aliphatic rings. The maximum Gasteiger partial charge on any atom is 0.254 e. The summed E-state index contributed by atoms with van der Waals surface area (Å²) in [7, 11) is 1.67. The molecule has 1 N–H and O–H groups in total. The molecular formula is C24H32N2O2. The largest absolute Gasteiger partial charge is 0.488 e. The molecular weight excluding hydrogens is 348 g/mol. The molecule has 0 radical (unpaired) electrons. The number of carbonyl (C=O) groups is 1. The fraction of sp³-hybridized carbons (Fsp3) is 0.458. The van der Waals surface area contributed by atoms with Crippen molar-refractivity contribution < 1.29 is 9.53 Å². The minimum atomic E-state index is -0.0896. The number of carbonyl (C=O) groups excluding carboxylic acids is 1. The lowest BCUT2D eigenvalue weighted by molar-refractivity contribution is 0.0958. The van der Waals surface area contributed by atoms with Crippen molar-refractivity contribution in [2.45, 2.75) is 52.2 Å². The van der Waals surface area contributed by atoms with Gasteiger partial charge < -0.3 is 10.1 Å². The number of amides is 1. The molecule has 4 nitrogen and oxygen atoms in total. The number of rotatable bonds is 9. The molecule has 2 aromatic rings. The standard InChI is InChI=1S/C24H32N2O2/c1-4-11-26(12-5-2)21-13-19-15-22(24(27)25-3)23(16-20(19)14-21)28-17-18-9-7-6-8-10-18/h6-10,15-16,21H,4-5,11-14,17H2,1-3H3,(H,25,27). The molecule has 0 saturated heterocycles. The van der Waals surface area contributed by atoms with Crippen molar-refractivity contribution in [2.75, 3.05) is 20.1 Å². The first-order valence-corrected chi connectivity index (χ1v) is 10.4. The van der Waals surface area contributed by atoms with Gasteiger partial charge in [0.15, 0.2) is 0 Å². The van der Waals surface area contributed by atoms with Gasteiger partial charge in [-0.05, 0) is 67.6 Å². The van der Waals surface area contributed by atoms with Gasteiger partial charge >= 0.3 is 0 Å². The Morgan fingerprint density at radius 2 is 1.71 bits per heavy atom. The van der Waals surface area contributed by atoms with Gasteiger partial charge in [-0.2, -0.15) is 0 Å². The maximum absolute atomic E-state index is 12.5. The Hall–Kier alpha value is -2.33. The van der Waals surface area contributed by atoms with Crippen molar-refractivity contribution in [1.29, 1.82) is 0 Å². The molecule has 2 aromatic carbocycles. The number of nitrogens with zero attached hydrogens (tertiary/aromatic N) is 1. The lowest BCUT2D eigenvalue weighted by atomic mass is 10.0. The molecule has 4 heteroatoms. The van der Waals surface area contributed by atoms with Crippen LogP contribution in [-0.4, -0.2) is 37.0 Å². The van der Waals surface area contributed by atoms with E-state index in [0.29, 0.717) is 24.0 Å². The molecule has 0 spiro atoms. The summed E-state index contributed by atoms with van der Waals surface area (Å²) < 4.78 is 6.09. The fourth-order valence-corrected chi connectivity index (χ4v) is 4.10. The second kappa shape index (κ2) is 9.74. The third-order valence-corrected chi connectivity index (χ3v) is 5.46. The van der Waals surface area contributed by atoms with Crippen molar-refractivity contribution in [3.05, 3.63) is 64.7 Å². The minimum absolute atomic E-state index is 0.0896. The van der Waals surface area contributed by atoms with Gasteiger partial charge in [0.2, 0.25) is 0 Å². The Balaban J connectivity index is 1.82. The van der Waals surface area contributed by atoms with Gasteiger partial charge in [-0.25, -0.2) is 0 Å². The number of benzene rings is 2. The Labute approximate surface area is 168 Å². The minimum Gasteiger partial charge on any atom is -0.488 e. The van der Waals surface area contributed by atoms with Gasteiger partial charge in [-0.1, -0.05) is 44.2 Å². The highest BCUT2D eigenvalue weighted by Crippen LogP contribution is 2.32. The molecule has 28 heavy (non-hydrogen) atoms. The Morgan fingerprint density at radius 3 is 2.32 bits per heavy atom. The molecule has 0 heterocycles. The zero-order valence-corrected chi connectivity index (χ0v) is 17.3. The number of ether oxygens (including phenoxy) is 1. The van der Waals surface area contributed by atoms with Gasteiger partial charge in [0.1, 0.15) is 12.4 Å². The zero-order valence-electron chi connectivity index (χ0n) is 17.3. The van der Waals surface area contributed by atoms with Crippen LogP contribution < -0.4 is 10.1 Å². The van der Waals surface area contributed by atoms with E-state index in [1.807, 2.05) is 36.4 Å². The SMILES string of the molecule is CCCN(CCC)C1Cc2cc(OCc3ccccc3)c(C(=O)NC)cc2C1. The van der Waals surface area contributed by atoms with E-state index in [0.717, 1.165) is 31.5 Å². The Morgan fingerprint density at radius 1 is 1.07 bits per heavy atom. The molecule has 0 fully saturated rings. The number of fused-ring (bicyclic) bond motifs is 1. The van der Waals surface area contributed by atoms with Gasteiger partial charge in [0, 0.05) is 13.1 Å². The van der Waals surface area contributed by atoms with Crippen LogP contribution in [0.5, 0.6) is 5.75 Å². The molecule has 0 aliphatic heterocycles. The maximum atomic E-state index is 12.5. The Kier molecular flexibility index (Phi) is 7.10. The van der Waals surface area contributed by atoms with Crippen LogP contribution in [0.25, 0.3) is 0 Å². The highest BCUT2D eigenvalue weighted by Gasteiger charge is 2.28. The van der Waals surface area contributed by atoms with Crippen molar-refractivity contribution in [3.63, 3.8) is 0 Å². The Bertz CT molecular complexity index is 783. The van der Waals surface area contributed by atoms with Crippen LogP contribution in [0.4, 0.5) is 0 Å². The van der Waals surface area contributed by atoms with E-state index in [2.05, 4.69) is 30.1 Å². The van der Waals surface area contributed by atoms with E-state index in [9.17, 15) is 4.79 Å². The summed E-state index contributed by atoms with van der Waals surface area (Å²) in [5, 5.41) is 2.76. The molecule has 150 valence electrons. The van der Waals surface area contributed by atoms with E-state index in [-0.39, 0.29) is 5.91 Å². The second-order valence-corrected chi connectivity index (χ2v) is 7.57. The smallest absolute Gasteiger partial charge is 0.254 e. The van der Waals surface area contributed by atoms with Crippen LogP contribution >= 0.6 is 0 Å². The van der Waals surface area contributed by atoms with Gasteiger partial charge in [0.25, 0.3) is 5.91 Å². The third kappa shape index (κ3) is 4.74. The number of nitrogens with one attached hydrogen (secondary N) is 1. The molecule has 1 unspecified atom stereocenters. The summed E-state index contributed by atoms with van der Waals surface area (Å²) >= 11 is 0. The van der Waals surface area contributed by atoms with Crippen LogP contribution in [-0.2, 0) is 19.4 Å². The predicted octanol–water partition coefficient (Wildman–Crippen LogP) is 4.21. The summed E-state index contributed by atoms with van der Waals surface area (Å²) in [6.07, 6.45) is 4.38. The van der Waals surface area contributed by atoms with E-state index in [1.54, 1.807) is 7.05 Å². The third-order valence-electron chi connectivity index (χ3n) is 5.46. The van der Waals surface area contributed by atoms with Crippen molar-refractivity contribution in [3.8, 4) is 5.75 Å². The van der Waals surface area contributed by atoms with Gasteiger partial charge in [0.05, 0.1) is 5.56 Å². The first-order valence-electron chi connectivity index (χ1n) is 10.4. The highest BCUT2D eigenvalue weighted by molar-refractivity contribution is 5.97. The second-order valence-electron chi connectivity index (χ2n) is 7.57. The first-order chi connectivity index (χ1) is 13.7. The molecule has 3 rings (SSSR count). The quantitative estimate of drug-likeness (QED) is 0.708. The molecule has 0 aromatic heterocycles. The molecule has 0 saturated carbocycles.